The number of carbonyl (C=O) groups is 2. The second-order valence-electron chi connectivity index (χ2n) is 6.24. The van der Waals surface area contributed by atoms with Gasteiger partial charge in [-0.2, -0.15) is 0 Å². The third kappa shape index (κ3) is 2.82. The minimum absolute atomic E-state index is 0.0549. The van der Waals surface area contributed by atoms with Gasteiger partial charge >= 0.3 is 0 Å². The van der Waals surface area contributed by atoms with E-state index in [-0.39, 0.29) is 23.8 Å². The van der Waals surface area contributed by atoms with E-state index < -0.39 is 5.92 Å². The van der Waals surface area contributed by atoms with Crippen molar-refractivity contribution in [3.05, 3.63) is 18.2 Å². The van der Waals surface area contributed by atoms with Crippen molar-refractivity contribution < 1.29 is 19.1 Å². The van der Waals surface area contributed by atoms with Crippen molar-refractivity contribution in [3.8, 4) is 11.5 Å². The minimum atomic E-state index is -0.719. The van der Waals surface area contributed by atoms with E-state index >= 15 is 0 Å². The lowest BCUT2D eigenvalue weighted by Gasteiger charge is -2.30. The van der Waals surface area contributed by atoms with E-state index in [4.69, 9.17) is 9.47 Å². The van der Waals surface area contributed by atoms with Gasteiger partial charge in [-0.25, -0.2) is 0 Å². The number of ether oxygens (including phenoxy) is 2. The number of rotatable bonds is 2. The molecule has 1 aromatic carbocycles. The van der Waals surface area contributed by atoms with Gasteiger partial charge in [-0.1, -0.05) is 13.8 Å². The molecule has 1 aliphatic carbocycles. The first-order chi connectivity index (χ1) is 9.94. The number of hydrogen-bond donors (Lipinski definition) is 0. The number of nitrogens with zero attached hydrogens (tertiary/aromatic N) is 1. The summed E-state index contributed by atoms with van der Waals surface area (Å²) in [6.07, 6.45) is 2.28. The zero-order valence-corrected chi connectivity index (χ0v) is 12.1. The van der Waals surface area contributed by atoms with E-state index in [0.29, 0.717) is 30.0 Å². The zero-order chi connectivity index (χ0) is 15.0. The molecule has 1 fully saturated rings. The Bertz CT molecular complexity index is 613. The lowest BCUT2D eigenvalue weighted by Crippen LogP contribution is -2.38. The smallest absolute Gasteiger partial charge is 0.231 e. The van der Waals surface area contributed by atoms with Crippen molar-refractivity contribution >= 4 is 23.5 Å². The number of hydrogen-bond acceptors (Lipinski definition) is 5. The molecule has 0 amide bonds. The van der Waals surface area contributed by atoms with Gasteiger partial charge in [-0.3, -0.25) is 14.6 Å². The van der Waals surface area contributed by atoms with E-state index in [1.807, 2.05) is 13.8 Å². The predicted molar refractivity (Wildman–Crippen MR) is 77.2 cm³/mol. The average Bonchev–Trinajstić information content (AvgIpc) is 2.83. The first kappa shape index (κ1) is 13.8. The van der Waals surface area contributed by atoms with Crippen LogP contribution in [0.5, 0.6) is 11.5 Å². The number of fused-ring (bicyclic) bond motifs is 1. The van der Waals surface area contributed by atoms with E-state index in [1.165, 1.54) is 6.21 Å². The van der Waals surface area contributed by atoms with Crippen LogP contribution in [0.15, 0.2) is 23.2 Å². The first-order valence-electron chi connectivity index (χ1n) is 6.94. The fourth-order valence-electron chi connectivity index (χ4n) is 2.70. The van der Waals surface area contributed by atoms with Crippen molar-refractivity contribution in [2.45, 2.75) is 26.7 Å². The molecule has 0 unspecified atom stereocenters. The SMILES string of the molecule is CC1(C)CC(=O)C(C=Nc2ccc3c(c2)OCO3)C(=O)C1. The van der Waals surface area contributed by atoms with Crippen LogP contribution in [-0.2, 0) is 9.59 Å². The maximum atomic E-state index is 12.1. The molecule has 21 heavy (non-hydrogen) atoms. The third-order valence-electron chi connectivity index (χ3n) is 3.73. The third-order valence-corrected chi connectivity index (χ3v) is 3.73. The largest absolute Gasteiger partial charge is 0.454 e. The molecule has 1 aliphatic heterocycles. The van der Waals surface area contributed by atoms with Gasteiger partial charge in [0, 0.05) is 25.1 Å². The Kier molecular flexibility index (Phi) is 3.27. The molecule has 1 aromatic rings. The highest BCUT2D eigenvalue weighted by Gasteiger charge is 2.38. The first-order valence-corrected chi connectivity index (χ1v) is 6.94. The molecule has 5 nitrogen and oxygen atoms in total. The van der Waals surface area contributed by atoms with Crippen molar-refractivity contribution in [1.29, 1.82) is 0 Å². The summed E-state index contributed by atoms with van der Waals surface area (Å²) in [5.74, 6) is 0.484. The number of benzene rings is 1. The summed E-state index contributed by atoms with van der Waals surface area (Å²) in [7, 11) is 0. The van der Waals surface area contributed by atoms with Crippen LogP contribution >= 0.6 is 0 Å². The quantitative estimate of drug-likeness (QED) is 0.619. The van der Waals surface area contributed by atoms with E-state index in [0.717, 1.165) is 0 Å². The lowest BCUT2D eigenvalue weighted by atomic mass is 9.72. The van der Waals surface area contributed by atoms with Crippen LogP contribution in [0.1, 0.15) is 26.7 Å². The van der Waals surface area contributed by atoms with E-state index in [1.54, 1.807) is 18.2 Å². The Morgan fingerprint density at radius 2 is 1.81 bits per heavy atom. The van der Waals surface area contributed by atoms with Gasteiger partial charge in [0.2, 0.25) is 6.79 Å². The maximum Gasteiger partial charge on any atom is 0.231 e. The molecule has 0 spiro atoms. The highest BCUT2D eigenvalue weighted by atomic mass is 16.7. The molecule has 2 aliphatic rings. The monoisotopic (exact) mass is 287 g/mol. The maximum absolute atomic E-state index is 12.1. The van der Waals surface area contributed by atoms with Crippen LogP contribution in [0.3, 0.4) is 0 Å². The Morgan fingerprint density at radius 3 is 2.52 bits per heavy atom. The molecule has 3 rings (SSSR count). The Morgan fingerprint density at radius 1 is 1.14 bits per heavy atom. The van der Waals surface area contributed by atoms with Crippen LogP contribution in [-0.4, -0.2) is 24.6 Å². The molecule has 5 heteroatoms. The highest BCUT2D eigenvalue weighted by molar-refractivity contribution is 6.16. The van der Waals surface area contributed by atoms with Crippen LogP contribution in [0, 0.1) is 11.3 Å². The van der Waals surface area contributed by atoms with Crippen molar-refractivity contribution in [2.24, 2.45) is 16.3 Å². The Labute approximate surface area is 123 Å². The van der Waals surface area contributed by atoms with Crippen molar-refractivity contribution in [1.82, 2.24) is 0 Å². The molecule has 0 N–H and O–H groups in total. The summed E-state index contributed by atoms with van der Waals surface area (Å²) < 4.78 is 10.5. The molecule has 0 saturated heterocycles. The molecule has 1 saturated carbocycles. The molecule has 0 radical (unpaired) electrons. The topological polar surface area (TPSA) is 65.0 Å². The average molecular weight is 287 g/mol. The van der Waals surface area contributed by atoms with Crippen LogP contribution in [0.2, 0.25) is 0 Å². The van der Waals surface area contributed by atoms with Gasteiger partial charge < -0.3 is 9.47 Å². The summed E-state index contributed by atoms with van der Waals surface area (Å²) in [6.45, 7) is 4.08. The molecule has 0 aromatic heterocycles. The van der Waals surface area contributed by atoms with Gasteiger partial charge in [-0.05, 0) is 17.5 Å². The molecular formula is C16H17NO4. The van der Waals surface area contributed by atoms with Crippen LogP contribution < -0.4 is 9.47 Å². The molecule has 0 bridgehead atoms. The fourth-order valence-corrected chi connectivity index (χ4v) is 2.70. The predicted octanol–water partition coefficient (Wildman–Crippen LogP) is 2.69. The minimum Gasteiger partial charge on any atom is -0.454 e. The summed E-state index contributed by atoms with van der Waals surface area (Å²) in [6, 6.07) is 5.27. The van der Waals surface area contributed by atoms with Gasteiger partial charge in [0.25, 0.3) is 0 Å². The fraction of sp³-hybridized carbons (Fsp3) is 0.438. The molecule has 1 heterocycles. The Balaban J connectivity index is 1.77. The number of aliphatic imine (C=N–C) groups is 1. The van der Waals surface area contributed by atoms with Gasteiger partial charge in [0.1, 0.15) is 17.5 Å². The zero-order valence-electron chi connectivity index (χ0n) is 12.1. The Hall–Kier alpha value is -2.17. The summed E-state index contributed by atoms with van der Waals surface area (Å²) >= 11 is 0. The molecule has 0 atom stereocenters. The standard InChI is InChI=1S/C16H17NO4/c1-16(2)6-12(18)11(13(19)7-16)8-17-10-3-4-14-15(5-10)21-9-20-14/h3-5,8,11H,6-7,9H2,1-2H3. The van der Waals surface area contributed by atoms with Gasteiger partial charge in [0.05, 0.1) is 5.69 Å². The van der Waals surface area contributed by atoms with Crippen LogP contribution in [0.4, 0.5) is 5.69 Å². The van der Waals surface area contributed by atoms with Gasteiger partial charge in [0.15, 0.2) is 11.5 Å². The summed E-state index contributed by atoms with van der Waals surface area (Å²) in [5.41, 5.74) is 0.404. The number of Topliss-reactive ketones (excluding diaryl/α,β-unsaturated/α-hetero) is 2. The summed E-state index contributed by atoms with van der Waals surface area (Å²) in [5, 5.41) is 0. The van der Waals surface area contributed by atoms with Crippen LogP contribution in [0.25, 0.3) is 0 Å². The normalized spacial score (nSPS) is 21.2. The highest BCUT2D eigenvalue weighted by Crippen LogP contribution is 2.36. The van der Waals surface area contributed by atoms with E-state index in [9.17, 15) is 9.59 Å². The number of ketones is 2. The number of carbonyl (C=O) groups excluding carboxylic acids is 2. The molecular weight excluding hydrogens is 270 g/mol. The van der Waals surface area contributed by atoms with Crippen molar-refractivity contribution in [2.75, 3.05) is 6.79 Å². The van der Waals surface area contributed by atoms with E-state index in [2.05, 4.69) is 4.99 Å². The second-order valence-corrected chi connectivity index (χ2v) is 6.24. The lowest BCUT2D eigenvalue weighted by molar-refractivity contribution is -0.136. The summed E-state index contributed by atoms with van der Waals surface area (Å²) in [4.78, 5) is 28.4. The van der Waals surface area contributed by atoms with Crippen molar-refractivity contribution in [3.63, 3.8) is 0 Å². The molecule has 110 valence electrons. The van der Waals surface area contributed by atoms with Gasteiger partial charge in [-0.15, -0.1) is 0 Å². The second kappa shape index (κ2) is 4.98.